The molecule has 0 saturated heterocycles. The first-order valence-corrected chi connectivity index (χ1v) is 5.35. The van der Waals surface area contributed by atoms with E-state index in [9.17, 15) is 0 Å². The second-order valence-electron chi connectivity index (χ2n) is 4.35. The molecule has 0 aromatic rings. The van der Waals surface area contributed by atoms with Gasteiger partial charge in [-0.1, -0.05) is 33.1 Å². The van der Waals surface area contributed by atoms with Crippen LogP contribution < -0.4 is 0 Å². The van der Waals surface area contributed by atoms with Gasteiger partial charge in [0.1, 0.15) is 0 Å². The van der Waals surface area contributed by atoms with E-state index in [1.54, 1.807) is 0 Å². The molecule has 0 amide bonds. The van der Waals surface area contributed by atoms with E-state index < -0.39 is 0 Å². The topological polar surface area (TPSA) is 9.23 Å². The van der Waals surface area contributed by atoms with Crippen LogP contribution in [0.1, 0.15) is 52.9 Å². The van der Waals surface area contributed by atoms with Crippen molar-refractivity contribution in [1.82, 2.24) is 0 Å². The Bertz CT molecular complexity index is 114. The fourth-order valence-corrected chi connectivity index (χ4v) is 1.66. The fraction of sp³-hybridized carbons (Fsp3) is 1.00. The van der Waals surface area contributed by atoms with Crippen LogP contribution in [0.15, 0.2) is 0 Å². The minimum atomic E-state index is 0.438. The lowest BCUT2D eigenvalue weighted by atomic mass is 9.97. The summed E-state index contributed by atoms with van der Waals surface area (Å²) in [5, 5.41) is 0. The summed E-state index contributed by atoms with van der Waals surface area (Å²) in [6, 6.07) is 0. The summed E-state index contributed by atoms with van der Waals surface area (Å²) in [7, 11) is 0. The molecule has 1 nitrogen and oxygen atoms in total. The van der Waals surface area contributed by atoms with Crippen LogP contribution in [-0.2, 0) is 4.74 Å². The highest BCUT2D eigenvalue weighted by molar-refractivity contribution is 4.67. The number of hydrogen-bond acceptors (Lipinski definition) is 1. The lowest BCUT2D eigenvalue weighted by Crippen LogP contribution is -2.25. The molecule has 0 aromatic heterocycles. The van der Waals surface area contributed by atoms with Crippen LogP contribution in [0.4, 0.5) is 0 Å². The van der Waals surface area contributed by atoms with E-state index in [2.05, 4.69) is 20.8 Å². The molecule has 0 N–H and O–H groups in total. The molecule has 1 saturated carbocycles. The van der Waals surface area contributed by atoms with Gasteiger partial charge in [0.25, 0.3) is 0 Å². The smallest absolute Gasteiger partial charge is 0.0578 e. The van der Waals surface area contributed by atoms with Gasteiger partial charge in [-0.15, -0.1) is 0 Å². The molecule has 1 rings (SSSR count). The Kier molecular flexibility index (Phi) is 4.07. The van der Waals surface area contributed by atoms with Crippen molar-refractivity contribution in [3.05, 3.63) is 0 Å². The van der Waals surface area contributed by atoms with Gasteiger partial charge in [0.2, 0.25) is 0 Å². The first-order chi connectivity index (χ1) is 5.70. The zero-order chi connectivity index (χ0) is 8.97. The number of rotatable bonds is 3. The SMILES string of the molecule is CC(C)[C@H](C)OC1CCCCC1. The van der Waals surface area contributed by atoms with Crippen LogP contribution in [0.3, 0.4) is 0 Å². The number of hydrogen-bond donors (Lipinski definition) is 0. The van der Waals surface area contributed by atoms with Crippen molar-refractivity contribution < 1.29 is 4.74 Å². The second-order valence-corrected chi connectivity index (χ2v) is 4.35. The molecule has 0 aliphatic heterocycles. The quantitative estimate of drug-likeness (QED) is 0.631. The maximum absolute atomic E-state index is 5.95. The van der Waals surface area contributed by atoms with Crippen LogP contribution in [0, 0.1) is 5.92 Å². The molecule has 0 spiro atoms. The van der Waals surface area contributed by atoms with E-state index >= 15 is 0 Å². The minimum absolute atomic E-state index is 0.438. The van der Waals surface area contributed by atoms with E-state index in [0.717, 1.165) is 0 Å². The Balaban J connectivity index is 2.20. The molecule has 0 bridgehead atoms. The molecular weight excluding hydrogens is 148 g/mol. The second kappa shape index (κ2) is 4.86. The average Bonchev–Trinajstić information content (AvgIpc) is 2.06. The van der Waals surface area contributed by atoms with Crippen molar-refractivity contribution in [3.8, 4) is 0 Å². The van der Waals surface area contributed by atoms with E-state index in [4.69, 9.17) is 4.74 Å². The van der Waals surface area contributed by atoms with E-state index in [-0.39, 0.29) is 0 Å². The molecule has 1 atom stereocenters. The van der Waals surface area contributed by atoms with Gasteiger partial charge in [-0.2, -0.15) is 0 Å². The lowest BCUT2D eigenvalue weighted by molar-refractivity contribution is -0.0410. The Morgan fingerprint density at radius 2 is 1.58 bits per heavy atom. The monoisotopic (exact) mass is 170 g/mol. The average molecular weight is 170 g/mol. The van der Waals surface area contributed by atoms with Gasteiger partial charge in [0, 0.05) is 0 Å². The van der Waals surface area contributed by atoms with E-state index in [0.29, 0.717) is 18.1 Å². The first kappa shape index (κ1) is 10.0. The van der Waals surface area contributed by atoms with Crippen molar-refractivity contribution in [2.45, 2.75) is 65.1 Å². The largest absolute Gasteiger partial charge is 0.375 e. The first-order valence-electron chi connectivity index (χ1n) is 5.35. The van der Waals surface area contributed by atoms with Gasteiger partial charge >= 0.3 is 0 Å². The van der Waals surface area contributed by atoms with E-state index in [1.807, 2.05) is 0 Å². The number of ether oxygens (including phenoxy) is 1. The van der Waals surface area contributed by atoms with E-state index in [1.165, 1.54) is 32.1 Å². The predicted octanol–water partition coefficient (Wildman–Crippen LogP) is 3.38. The molecule has 1 aliphatic rings. The zero-order valence-corrected chi connectivity index (χ0v) is 8.68. The van der Waals surface area contributed by atoms with Gasteiger partial charge in [0.15, 0.2) is 0 Å². The Morgan fingerprint density at radius 1 is 1.00 bits per heavy atom. The summed E-state index contributed by atoms with van der Waals surface area (Å²) in [6.45, 7) is 6.65. The third kappa shape index (κ3) is 3.14. The highest BCUT2D eigenvalue weighted by atomic mass is 16.5. The van der Waals surface area contributed by atoms with Gasteiger partial charge in [0.05, 0.1) is 12.2 Å². The summed E-state index contributed by atoms with van der Waals surface area (Å²) in [4.78, 5) is 0. The summed E-state index contributed by atoms with van der Waals surface area (Å²) >= 11 is 0. The van der Waals surface area contributed by atoms with Crippen molar-refractivity contribution >= 4 is 0 Å². The molecule has 1 aliphatic carbocycles. The molecule has 12 heavy (non-hydrogen) atoms. The van der Waals surface area contributed by atoms with Crippen LogP contribution in [0.25, 0.3) is 0 Å². The zero-order valence-electron chi connectivity index (χ0n) is 8.68. The molecule has 72 valence electrons. The van der Waals surface area contributed by atoms with Crippen molar-refractivity contribution in [3.63, 3.8) is 0 Å². The predicted molar refractivity (Wildman–Crippen MR) is 52.3 cm³/mol. The highest BCUT2D eigenvalue weighted by Crippen LogP contribution is 2.22. The molecule has 0 heterocycles. The Hall–Kier alpha value is -0.0400. The maximum Gasteiger partial charge on any atom is 0.0578 e. The molecule has 1 heteroatoms. The molecular formula is C11H22O. The summed E-state index contributed by atoms with van der Waals surface area (Å²) in [5.41, 5.74) is 0. The van der Waals surface area contributed by atoms with Crippen LogP contribution in [-0.4, -0.2) is 12.2 Å². The van der Waals surface area contributed by atoms with Crippen molar-refractivity contribution in [2.75, 3.05) is 0 Å². The molecule has 0 radical (unpaired) electrons. The van der Waals surface area contributed by atoms with Gasteiger partial charge in [-0.3, -0.25) is 0 Å². The Labute approximate surface area is 76.5 Å². The van der Waals surface area contributed by atoms with Gasteiger partial charge < -0.3 is 4.74 Å². The molecule has 0 aromatic carbocycles. The Morgan fingerprint density at radius 3 is 2.08 bits per heavy atom. The minimum Gasteiger partial charge on any atom is -0.375 e. The normalized spacial score (nSPS) is 23.0. The molecule has 1 fully saturated rings. The molecule has 0 unspecified atom stereocenters. The van der Waals surface area contributed by atoms with Crippen LogP contribution in [0.5, 0.6) is 0 Å². The van der Waals surface area contributed by atoms with Crippen LogP contribution >= 0.6 is 0 Å². The van der Waals surface area contributed by atoms with Gasteiger partial charge in [-0.05, 0) is 25.7 Å². The lowest BCUT2D eigenvalue weighted by Gasteiger charge is -2.27. The maximum atomic E-state index is 5.95. The summed E-state index contributed by atoms with van der Waals surface area (Å²) < 4.78 is 5.95. The highest BCUT2D eigenvalue weighted by Gasteiger charge is 2.17. The fourth-order valence-electron chi connectivity index (χ4n) is 1.66. The summed E-state index contributed by atoms with van der Waals surface area (Å²) in [6.07, 6.45) is 7.74. The standard InChI is InChI=1S/C11H22O/c1-9(2)10(3)12-11-7-5-4-6-8-11/h9-11H,4-8H2,1-3H3/t10-/m0/s1. The third-order valence-corrected chi connectivity index (χ3v) is 2.90. The van der Waals surface area contributed by atoms with Crippen molar-refractivity contribution in [1.29, 1.82) is 0 Å². The van der Waals surface area contributed by atoms with Gasteiger partial charge in [-0.25, -0.2) is 0 Å². The van der Waals surface area contributed by atoms with Crippen LogP contribution in [0.2, 0.25) is 0 Å². The van der Waals surface area contributed by atoms with Crippen molar-refractivity contribution in [2.24, 2.45) is 5.92 Å². The third-order valence-electron chi connectivity index (χ3n) is 2.90. The summed E-state index contributed by atoms with van der Waals surface area (Å²) in [5.74, 6) is 0.659.